The lowest BCUT2D eigenvalue weighted by Crippen LogP contribution is -2.49. The number of nitrogens with zero attached hydrogens (tertiary/aromatic N) is 3. The highest BCUT2D eigenvalue weighted by molar-refractivity contribution is 7.89. The molecule has 0 bridgehead atoms. The van der Waals surface area contributed by atoms with Crippen molar-refractivity contribution in [3.63, 3.8) is 0 Å². The fraction of sp³-hybridized carbons (Fsp3) is 0.333. The van der Waals surface area contributed by atoms with E-state index in [1.165, 1.54) is 22.5 Å². The first kappa shape index (κ1) is 20.7. The Labute approximate surface area is 167 Å². The number of hydrogen-bond acceptors (Lipinski definition) is 5. The van der Waals surface area contributed by atoms with Crippen LogP contribution in [-0.4, -0.2) is 48.7 Å². The Morgan fingerprint density at radius 2 is 1.82 bits per heavy atom. The molecule has 28 heavy (non-hydrogen) atoms. The van der Waals surface area contributed by atoms with Gasteiger partial charge in [-0.3, -0.25) is 15.0 Å². The van der Waals surface area contributed by atoms with E-state index in [0.29, 0.717) is 13.1 Å². The van der Waals surface area contributed by atoms with Crippen molar-refractivity contribution in [1.82, 2.24) is 9.21 Å². The maximum absolute atomic E-state index is 13.3. The topological polar surface area (TPSA) is 83.8 Å². The van der Waals surface area contributed by atoms with Gasteiger partial charge in [0, 0.05) is 44.4 Å². The number of sulfonamides is 1. The maximum Gasteiger partial charge on any atom is 0.269 e. The Kier molecular flexibility index (Phi) is 5.99. The fourth-order valence-corrected chi connectivity index (χ4v) is 4.92. The number of nitro groups is 1. The van der Waals surface area contributed by atoms with E-state index in [1.54, 1.807) is 6.07 Å². The molecular weight excluding hydrogens is 409 g/mol. The predicted molar refractivity (Wildman–Crippen MR) is 103 cm³/mol. The lowest BCUT2D eigenvalue weighted by Gasteiger charge is -2.37. The third kappa shape index (κ3) is 4.17. The maximum atomic E-state index is 13.3. The van der Waals surface area contributed by atoms with Crippen LogP contribution in [-0.2, 0) is 10.0 Å². The normalized spacial score (nSPS) is 17.4. The summed E-state index contributed by atoms with van der Waals surface area (Å²) in [4.78, 5) is 12.6. The van der Waals surface area contributed by atoms with Crippen LogP contribution in [0, 0.1) is 15.9 Å². The zero-order chi connectivity index (χ0) is 20.5. The molecule has 1 aliphatic rings. The van der Waals surface area contributed by atoms with Gasteiger partial charge in [-0.2, -0.15) is 4.31 Å². The van der Waals surface area contributed by atoms with Crippen molar-refractivity contribution in [2.45, 2.75) is 17.9 Å². The molecule has 150 valence electrons. The Morgan fingerprint density at radius 3 is 2.43 bits per heavy atom. The van der Waals surface area contributed by atoms with Gasteiger partial charge in [-0.1, -0.05) is 23.7 Å². The molecule has 0 spiro atoms. The molecule has 1 aliphatic heterocycles. The average Bonchev–Trinajstić information content (AvgIpc) is 2.69. The Morgan fingerprint density at radius 1 is 1.14 bits per heavy atom. The van der Waals surface area contributed by atoms with Crippen molar-refractivity contribution in [3.8, 4) is 0 Å². The molecule has 2 aromatic carbocycles. The van der Waals surface area contributed by atoms with Crippen LogP contribution in [0.2, 0.25) is 5.02 Å². The van der Waals surface area contributed by atoms with Gasteiger partial charge < -0.3 is 0 Å². The molecule has 10 heteroatoms. The highest BCUT2D eigenvalue weighted by atomic mass is 35.5. The van der Waals surface area contributed by atoms with Crippen molar-refractivity contribution in [1.29, 1.82) is 0 Å². The van der Waals surface area contributed by atoms with Crippen LogP contribution in [0.15, 0.2) is 47.4 Å². The Hall–Kier alpha value is -2.07. The van der Waals surface area contributed by atoms with Crippen LogP contribution in [0.5, 0.6) is 0 Å². The molecule has 1 heterocycles. The molecule has 7 nitrogen and oxygen atoms in total. The van der Waals surface area contributed by atoms with E-state index in [9.17, 15) is 22.9 Å². The van der Waals surface area contributed by atoms with E-state index in [-0.39, 0.29) is 34.7 Å². The minimum Gasteiger partial charge on any atom is -0.294 e. The number of halogens is 2. The molecule has 0 aliphatic carbocycles. The van der Waals surface area contributed by atoms with Gasteiger partial charge in [-0.25, -0.2) is 12.8 Å². The number of rotatable bonds is 5. The fourth-order valence-electron chi connectivity index (χ4n) is 3.23. The molecule has 1 atom stereocenters. The van der Waals surface area contributed by atoms with Gasteiger partial charge in [-0.05, 0) is 30.7 Å². The standard InChI is InChI=1S/C18H19ClFN3O4S/c1-13(14-3-2-4-15(11-14)23(24)25)21-7-9-22(10-8-21)28(26,27)16-5-6-18(20)17(19)12-16/h2-6,11-13H,7-10H2,1H3. The zero-order valence-corrected chi connectivity index (χ0v) is 16.7. The smallest absolute Gasteiger partial charge is 0.269 e. The minimum atomic E-state index is -3.77. The van der Waals surface area contributed by atoms with E-state index in [1.807, 2.05) is 13.0 Å². The van der Waals surface area contributed by atoms with Crippen molar-refractivity contribution in [3.05, 3.63) is 69.0 Å². The first-order chi connectivity index (χ1) is 13.2. The van der Waals surface area contributed by atoms with E-state index >= 15 is 0 Å². The highest BCUT2D eigenvalue weighted by Gasteiger charge is 2.31. The van der Waals surface area contributed by atoms with Crippen LogP contribution < -0.4 is 0 Å². The molecule has 0 N–H and O–H groups in total. The van der Waals surface area contributed by atoms with Crippen LogP contribution in [0.1, 0.15) is 18.5 Å². The predicted octanol–water partition coefficient (Wildman–Crippen LogP) is 3.45. The largest absolute Gasteiger partial charge is 0.294 e. The highest BCUT2D eigenvalue weighted by Crippen LogP contribution is 2.27. The Bertz CT molecular complexity index is 994. The number of piperazine rings is 1. The van der Waals surface area contributed by atoms with Crippen LogP contribution in [0.25, 0.3) is 0 Å². The number of benzene rings is 2. The first-order valence-corrected chi connectivity index (χ1v) is 10.5. The quantitative estimate of drug-likeness (QED) is 0.539. The summed E-state index contributed by atoms with van der Waals surface area (Å²) in [6.45, 7) is 3.40. The number of non-ortho nitro benzene ring substituents is 1. The van der Waals surface area contributed by atoms with Crippen molar-refractivity contribution < 1.29 is 17.7 Å². The van der Waals surface area contributed by atoms with E-state index in [4.69, 9.17) is 11.6 Å². The summed E-state index contributed by atoms with van der Waals surface area (Å²) in [7, 11) is -3.77. The molecule has 0 saturated carbocycles. The number of nitro benzene ring substituents is 1. The van der Waals surface area contributed by atoms with Crippen molar-refractivity contribution >= 4 is 27.3 Å². The van der Waals surface area contributed by atoms with Gasteiger partial charge in [0.1, 0.15) is 5.82 Å². The molecule has 1 fully saturated rings. The third-order valence-electron chi connectivity index (χ3n) is 4.91. The van der Waals surface area contributed by atoms with Crippen LogP contribution in [0.4, 0.5) is 10.1 Å². The van der Waals surface area contributed by atoms with Crippen LogP contribution in [0.3, 0.4) is 0 Å². The molecule has 2 aromatic rings. The molecule has 0 radical (unpaired) electrons. The van der Waals surface area contributed by atoms with Crippen molar-refractivity contribution in [2.75, 3.05) is 26.2 Å². The van der Waals surface area contributed by atoms with Gasteiger partial charge in [0.25, 0.3) is 5.69 Å². The summed E-state index contributed by atoms with van der Waals surface area (Å²) in [5.74, 6) is -0.670. The van der Waals surface area contributed by atoms with E-state index in [2.05, 4.69) is 4.90 Å². The monoisotopic (exact) mass is 427 g/mol. The van der Waals surface area contributed by atoms with Gasteiger partial charge >= 0.3 is 0 Å². The summed E-state index contributed by atoms with van der Waals surface area (Å²) in [5.41, 5.74) is 0.828. The van der Waals surface area contributed by atoms with Crippen LogP contribution >= 0.6 is 11.6 Å². The molecule has 1 saturated heterocycles. The zero-order valence-electron chi connectivity index (χ0n) is 15.1. The first-order valence-electron chi connectivity index (χ1n) is 8.64. The summed E-state index contributed by atoms with van der Waals surface area (Å²) < 4.78 is 40.2. The summed E-state index contributed by atoms with van der Waals surface area (Å²) in [5, 5.41) is 10.7. The molecule has 0 aromatic heterocycles. The van der Waals surface area contributed by atoms with Crippen molar-refractivity contribution in [2.24, 2.45) is 0 Å². The molecule has 0 amide bonds. The van der Waals surface area contributed by atoms with Gasteiger partial charge in [-0.15, -0.1) is 0 Å². The summed E-state index contributed by atoms with van der Waals surface area (Å²) in [6.07, 6.45) is 0. The van der Waals surface area contributed by atoms with Gasteiger partial charge in [0.15, 0.2) is 0 Å². The molecule has 1 unspecified atom stereocenters. The lowest BCUT2D eigenvalue weighted by molar-refractivity contribution is -0.385. The van der Waals surface area contributed by atoms with Gasteiger partial charge in [0.2, 0.25) is 10.0 Å². The molecule has 3 rings (SSSR count). The van der Waals surface area contributed by atoms with Gasteiger partial charge in [0.05, 0.1) is 14.8 Å². The summed E-state index contributed by atoms with van der Waals surface area (Å²) >= 11 is 5.71. The minimum absolute atomic E-state index is 0.0266. The number of hydrogen-bond donors (Lipinski definition) is 0. The summed E-state index contributed by atoms with van der Waals surface area (Å²) in [6, 6.07) is 9.70. The van der Waals surface area contributed by atoms with E-state index in [0.717, 1.165) is 17.7 Å². The SMILES string of the molecule is CC(c1cccc([N+](=O)[O-])c1)N1CCN(S(=O)(=O)c2ccc(F)c(Cl)c2)CC1. The van der Waals surface area contributed by atoms with E-state index < -0.39 is 20.8 Å². The third-order valence-corrected chi connectivity index (χ3v) is 7.10. The second-order valence-corrected chi connectivity index (χ2v) is 8.89. The Balaban J connectivity index is 1.70. The second kappa shape index (κ2) is 8.12. The lowest BCUT2D eigenvalue weighted by atomic mass is 10.1. The second-order valence-electron chi connectivity index (χ2n) is 6.54. The molecular formula is C18H19ClFN3O4S. The average molecular weight is 428 g/mol.